The fourth-order valence-corrected chi connectivity index (χ4v) is 3.32. The molecule has 0 spiro atoms. The molecule has 1 atom stereocenters. The topological polar surface area (TPSA) is 9.23 Å². The largest absolute Gasteiger partial charge is 0.416 e. The van der Waals surface area contributed by atoms with E-state index in [1.807, 2.05) is 42.5 Å². The van der Waals surface area contributed by atoms with E-state index in [2.05, 4.69) is 0 Å². The lowest BCUT2D eigenvalue weighted by Crippen LogP contribution is -2.04. The molecule has 3 aromatic carbocycles. The van der Waals surface area contributed by atoms with Crippen LogP contribution in [0.15, 0.2) is 66.7 Å². The van der Waals surface area contributed by atoms with Crippen LogP contribution < -0.4 is 0 Å². The van der Waals surface area contributed by atoms with Gasteiger partial charge in [-0.2, -0.15) is 13.2 Å². The van der Waals surface area contributed by atoms with E-state index in [9.17, 15) is 13.2 Å². The summed E-state index contributed by atoms with van der Waals surface area (Å²) in [5.74, 6) is 0. The molecule has 4 rings (SSSR count). The van der Waals surface area contributed by atoms with Crippen molar-refractivity contribution < 1.29 is 17.9 Å². The van der Waals surface area contributed by atoms with Gasteiger partial charge in [-0.15, -0.1) is 0 Å². The highest BCUT2D eigenvalue weighted by molar-refractivity contribution is 6.30. The summed E-state index contributed by atoms with van der Waals surface area (Å²) < 4.78 is 44.0. The van der Waals surface area contributed by atoms with E-state index in [4.69, 9.17) is 16.3 Å². The van der Waals surface area contributed by atoms with Gasteiger partial charge in [-0.3, -0.25) is 0 Å². The third kappa shape index (κ3) is 3.22. The predicted octanol–water partition coefficient (Wildman–Crippen LogP) is 6.65. The molecular weight excluding hydrogens is 361 g/mol. The van der Waals surface area contributed by atoms with Gasteiger partial charge in [0.15, 0.2) is 0 Å². The van der Waals surface area contributed by atoms with Crippen LogP contribution in [-0.2, 0) is 17.5 Å². The summed E-state index contributed by atoms with van der Waals surface area (Å²) in [6.07, 6.45) is -4.47. The molecule has 0 fully saturated rings. The van der Waals surface area contributed by atoms with Crippen molar-refractivity contribution in [1.82, 2.24) is 0 Å². The Hall–Kier alpha value is -2.30. The molecule has 132 valence electrons. The number of ether oxygens (including phenoxy) is 1. The van der Waals surface area contributed by atoms with Crippen molar-refractivity contribution in [3.63, 3.8) is 0 Å². The number of alkyl halides is 3. The average molecular weight is 375 g/mol. The monoisotopic (exact) mass is 374 g/mol. The van der Waals surface area contributed by atoms with E-state index in [0.717, 1.165) is 39.9 Å². The van der Waals surface area contributed by atoms with Crippen molar-refractivity contribution in [2.45, 2.75) is 18.9 Å². The number of benzene rings is 3. The van der Waals surface area contributed by atoms with Gasteiger partial charge < -0.3 is 4.74 Å². The van der Waals surface area contributed by atoms with Gasteiger partial charge in [0, 0.05) is 5.02 Å². The van der Waals surface area contributed by atoms with Crippen LogP contribution in [0.3, 0.4) is 0 Å². The summed E-state index contributed by atoms with van der Waals surface area (Å²) in [7, 11) is 0. The zero-order chi connectivity index (χ0) is 18.3. The van der Waals surface area contributed by atoms with Gasteiger partial charge in [0.05, 0.1) is 12.2 Å². The lowest BCUT2D eigenvalue weighted by molar-refractivity contribution is -0.137. The molecule has 0 N–H and O–H groups in total. The van der Waals surface area contributed by atoms with Crippen LogP contribution in [0.4, 0.5) is 13.2 Å². The Morgan fingerprint density at radius 3 is 2.15 bits per heavy atom. The third-order valence-corrected chi connectivity index (χ3v) is 4.80. The minimum atomic E-state index is -4.32. The summed E-state index contributed by atoms with van der Waals surface area (Å²) >= 11 is 5.94. The van der Waals surface area contributed by atoms with E-state index < -0.39 is 11.7 Å². The summed E-state index contributed by atoms with van der Waals surface area (Å²) in [4.78, 5) is 0. The van der Waals surface area contributed by atoms with Gasteiger partial charge >= 0.3 is 6.18 Å². The molecule has 0 radical (unpaired) electrons. The lowest BCUT2D eigenvalue weighted by atomic mass is 9.95. The number of hydrogen-bond donors (Lipinski definition) is 0. The SMILES string of the molecule is FC(F)(F)c1ccc(-c2ccc3c(c2)COC3c2ccc(Cl)cc2)cc1. The van der Waals surface area contributed by atoms with Crippen LogP contribution in [0.5, 0.6) is 0 Å². The Morgan fingerprint density at radius 1 is 0.846 bits per heavy atom. The van der Waals surface area contributed by atoms with Crippen LogP contribution in [-0.4, -0.2) is 0 Å². The first-order chi connectivity index (χ1) is 12.4. The van der Waals surface area contributed by atoms with Crippen molar-refractivity contribution in [1.29, 1.82) is 0 Å². The molecule has 0 aliphatic carbocycles. The van der Waals surface area contributed by atoms with Crippen molar-refractivity contribution in [2.75, 3.05) is 0 Å². The quantitative estimate of drug-likeness (QED) is 0.488. The maximum absolute atomic E-state index is 12.7. The molecule has 1 nitrogen and oxygen atoms in total. The molecule has 0 saturated heterocycles. The van der Waals surface area contributed by atoms with E-state index in [1.54, 1.807) is 0 Å². The number of rotatable bonds is 2. The molecule has 1 aliphatic heterocycles. The third-order valence-electron chi connectivity index (χ3n) is 4.55. The van der Waals surface area contributed by atoms with Crippen molar-refractivity contribution in [3.8, 4) is 11.1 Å². The zero-order valence-electron chi connectivity index (χ0n) is 13.6. The molecule has 3 aromatic rings. The molecule has 5 heteroatoms. The average Bonchev–Trinajstić information content (AvgIpc) is 3.05. The van der Waals surface area contributed by atoms with Gasteiger partial charge in [0.1, 0.15) is 6.10 Å². The second-order valence-electron chi connectivity index (χ2n) is 6.23. The smallest absolute Gasteiger partial charge is 0.364 e. The van der Waals surface area contributed by atoms with E-state index in [1.165, 1.54) is 12.1 Å². The molecule has 1 heterocycles. The summed E-state index contributed by atoms with van der Waals surface area (Å²) in [5.41, 5.74) is 4.11. The van der Waals surface area contributed by atoms with Crippen LogP contribution in [0.2, 0.25) is 5.02 Å². The van der Waals surface area contributed by atoms with E-state index >= 15 is 0 Å². The van der Waals surface area contributed by atoms with Crippen molar-refractivity contribution in [2.24, 2.45) is 0 Å². The molecule has 0 saturated carbocycles. The number of halogens is 4. The molecule has 26 heavy (non-hydrogen) atoms. The highest BCUT2D eigenvalue weighted by atomic mass is 35.5. The van der Waals surface area contributed by atoms with E-state index in [0.29, 0.717) is 11.6 Å². The molecule has 0 bridgehead atoms. The van der Waals surface area contributed by atoms with Gasteiger partial charge in [-0.1, -0.05) is 48.0 Å². The Morgan fingerprint density at radius 2 is 1.50 bits per heavy atom. The first-order valence-electron chi connectivity index (χ1n) is 8.09. The van der Waals surface area contributed by atoms with Crippen molar-refractivity contribution >= 4 is 11.6 Å². The normalized spacial score (nSPS) is 16.5. The van der Waals surface area contributed by atoms with Crippen LogP contribution in [0, 0.1) is 0 Å². The van der Waals surface area contributed by atoms with Crippen LogP contribution in [0.25, 0.3) is 11.1 Å². The Kier molecular flexibility index (Phi) is 4.25. The highest BCUT2D eigenvalue weighted by Crippen LogP contribution is 2.38. The van der Waals surface area contributed by atoms with Gasteiger partial charge in [0.2, 0.25) is 0 Å². The summed E-state index contributed by atoms with van der Waals surface area (Å²) in [6, 6.07) is 18.6. The van der Waals surface area contributed by atoms with Gasteiger partial charge in [-0.25, -0.2) is 0 Å². The first kappa shape index (κ1) is 17.1. The molecule has 0 amide bonds. The molecule has 0 aromatic heterocycles. The minimum Gasteiger partial charge on any atom is -0.364 e. The van der Waals surface area contributed by atoms with Crippen LogP contribution >= 0.6 is 11.6 Å². The number of fused-ring (bicyclic) bond motifs is 1. The van der Waals surface area contributed by atoms with Crippen LogP contribution in [0.1, 0.15) is 28.4 Å². The Balaban J connectivity index is 1.63. The fourth-order valence-electron chi connectivity index (χ4n) is 3.19. The van der Waals surface area contributed by atoms with Crippen molar-refractivity contribution in [3.05, 3.63) is 94.0 Å². The standard InChI is InChI=1S/C21H14ClF3O/c22-18-8-3-14(4-9-18)20-19-10-5-15(11-16(19)12-26-20)13-1-6-17(7-2-13)21(23,24)25/h1-11,20H,12H2. The molecule has 1 unspecified atom stereocenters. The Labute approximate surface area is 154 Å². The number of hydrogen-bond acceptors (Lipinski definition) is 1. The maximum atomic E-state index is 12.7. The minimum absolute atomic E-state index is 0.149. The molecule has 1 aliphatic rings. The zero-order valence-corrected chi connectivity index (χ0v) is 14.3. The van der Waals surface area contributed by atoms with Gasteiger partial charge in [0.25, 0.3) is 0 Å². The second kappa shape index (κ2) is 6.45. The lowest BCUT2D eigenvalue weighted by Gasteiger charge is -2.12. The fraction of sp³-hybridized carbons (Fsp3) is 0.143. The maximum Gasteiger partial charge on any atom is 0.416 e. The predicted molar refractivity (Wildman–Crippen MR) is 95.0 cm³/mol. The summed E-state index contributed by atoms with van der Waals surface area (Å²) in [5, 5.41) is 0.671. The van der Waals surface area contributed by atoms with E-state index in [-0.39, 0.29) is 6.10 Å². The molecular formula is C21H14ClF3O. The second-order valence-corrected chi connectivity index (χ2v) is 6.67. The first-order valence-corrected chi connectivity index (χ1v) is 8.47. The van der Waals surface area contributed by atoms with Gasteiger partial charge in [-0.05, 0) is 58.1 Å². The Bertz CT molecular complexity index is 931. The summed E-state index contributed by atoms with van der Waals surface area (Å²) in [6.45, 7) is 0.469. The highest BCUT2D eigenvalue weighted by Gasteiger charge is 2.30.